The van der Waals surface area contributed by atoms with Crippen LogP contribution in [0.2, 0.25) is 0 Å². The third kappa shape index (κ3) is 7.06. The van der Waals surface area contributed by atoms with Crippen LogP contribution in [0, 0.1) is 6.92 Å². The van der Waals surface area contributed by atoms with Gasteiger partial charge in [0.05, 0.1) is 12.7 Å². The van der Waals surface area contributed by atoms with E-state index in [-0.39, 0.29) is 12.0 Å². The summed E-state index contributed by atoms with van der Waals surface area (Å²) in [5.41, 5.74) is 4.79. The molecule has 1 aliphatic heterocycles. The standard InChI is InChI=1S/C11H20N3O12P3/c1-6-3-14(11(16)13-10(6)15)9-2-7(12)8(25-9)4-24-27(17,18)5-28(19,20)26-29(21,22)23/h3,7-9H,2,4-5,12H2,1H3,(H,17,18)(H,19,20)(H,13,15,16)(H2,21,22,23)/t7-,8+,9+/m0/s1. The lowest BCUT2D eigenvalue weighted by atomic mass is 10.1. The van der Waals surface area contributed by atoms with Crippen LogP contribution < -0.4 is 17.0 Å². The van der Waals surface area contributed by atoms with Crippen molar-refractivity contribution >= 4 is 23.0 Å². The minimum Gasteiger partial charge on any atom is -0.351 e. The van der Waals surface area contributed by atoms with Gasteiger partial charge in [0.2, 0.25) is 0 Å². The molecule has 1 aromatic heterocycles. The Morgan fingerprint density at radius 1 is 1.24 bits per heavy atom. The Labute approximate surface area is 162 Å². The van der Waals surface area contributed by atoms with Gasteiger partial charge in [0.25, 0.3) is 5.56 Å². The molecular formula is C11H20N3O12P3. The molecule has 1 aliphatic rings. The lowest BCUT2D eigenvalue weighted by Gasteiger charge is -2.20. The van der Waals surface area contributed by atoms with Crippen LogP contribution in [0.5, 0.6) is 0 Å². The van der Waals surface area contributed by atoms with Crippen molar-refractivity contribution in [2.24, 2.45) is 5.73 Å². The Hall–Kier alpha value is -0.950. The number of hydrogen-bond acceptors (Lipinski definition) is 9. The van der Waals surface area contributed by atoms with Gasteiger partial charge in [-0.3, -0.25) is 23.5 Å². The Morgan fingerprint density at radius 3 is 2.45 bits per heavy atom. The summed E-state index contributed by atoms with van der Waals surface area (Å²) < 4.78 is 49.0. The molecule has 2 heterocycles. The minimum atomic E-state index is -5.38. The lowest BCUT2D eigenvalue weighted by Crippen LogP contribution is -2.33. The summed E-state index contributed by atoms with van der Waals surface area (Å²) in [6.45, 7) is 0.845. The van der Waals surface area contributed by atoms with Crippen LogP contribution in [-0.2, 0) is 27.3 Å². The number of rotatable bonds is 8. The predicted octanol–water partition coefficient (Wildman–Crippen LogP) is -1.09. The summed E-state index contributed by atoms with van der Waals surface area (Å²) in [6.07, 6.45) is -0.545. The van der Waals surface area contributed by atoms with Gasteiger partial charge in [0.15, 0.2) is 5.90 Å². The van der Waals surface area contributed by atoms with Gasteiger partial charge in [-0.25, -0.2) is 13.7 Å². The summed E-state index contributed by atoms with van der Waals surface area (Å²) in [5.74, 6) is -1.57. The second-order valence-corrected chi connectivity index (χ2v) is 11.9. The van der Waals surface area contributed by atoms with Crippen molar-refractivity contribution in [2.45, 2.75) is 31.7 Å². The number of aromatic nitrogens is 2. The van der Waals surface area contributed by atoms with E-state index >= 15 is 0 Å². The van der Waals surface area contributed by atoms with Crippen LogP contribution in [-0.4, -0.2) is 53.8 Å². The van der Waals surface area contributed by atoms with Gasteiger partial charge in [-0.15, -0.1) is 0 Å². The van der Waals surface area contributed by atoms with E-state index in [1.807, 2.05) is 0 Å². The van der Waals surface area contributed by atoms with Gasteiger partial charge in [-0.1, -0.05) is 0 Å². The van der Waals surface area contributed by atoms with Crippen molar-refractivity contribution in [2.75, 3.05) is 12.5 Å². The molecule has 2 unspecified atom stereocenters. The summed E-state index contributed by atoms with van der Waals surface area (Å²) in [7, 11) is -15.3. The van der Waals surface area contributed by atoms with Crippen molar-refractivity contribution in [3.63, 3.8) is 0 Å². The van der Waals surface area contributed by atoms with E-state index in [0.29, 0.717) is 0 Å². The second-order valence-electron chi connectivity index (χ2n) is 6.29. The van der Waals surface area contributed by atoms with Gasteiger partial charge < -0.3 is 34.6 Å². The fraction of sp³-hybridized carbons (Fsp3) is 0.636. The summed E-state index contributed by atoms with van der Waals surface area (Å²) in [6, 6.07) is -0.758. The number of H-pyrrole nitrogens is 1. The Bertz CT molecular complexity index is 1010. The maximum Gasteiger partial charge on any atom is 0.476 e. The van der Waals surface area contributed by atoms with E-state index in [9.17, 15) is 33.1 Å². The Balaban J connectivity index is 2.03. The lowest BCUT2D eigenvalue weighted by molar-refractivity contribution is -0.0238. The fourth-order valence-corrected chi connectivity index (χ4v) is 7.05. The van der Waals surface area contributed by atoms with Gasteiger partial charge in [-0.2, -0.15) is 0 Å². The number of nitrogens with two attached hydrogens (primary N) is 1. The van der Waals surface area contributed by atoms with E-state index in [1.165, 1.54) is 13.1 Å². The average Bonchev–Trinajstić information content (AvgIpc) is 2.86. The first-order chi connectivity index (χ1) is 13.1. The summed E-state index contributed by atoms with van der Waals surface area (Å²) >= 11 is 0. The number of aromatic amines is 1. The Morgan fingerprint density at radius 2 is 1.86 bits per heavy atom. The highest BCUT2D eigenvalue weighted by Crippen LogP contribution is 2.64. The molecule has 0 aliphatic carbocycles. The van der Waals surface area contributed by atoms with Gasteiger partial charge in [-0.05, 0) is 6.92 Å². The minimum absolute atomic E-state index is 0.0922. The zero-order valence-electron chi connectivity index (χ0n) is 14.9. The molecule has 0 radical (unpaired) electrons. The monoisotopic (exact) mass is 479 g/mol. The van der Waals surface area contributed by atoms with Crippen LogP contribution in [0.4, 0.5) is 0 Å². The third-order valence-electron chi connectivity index (χ3n) is 3.77. The predicted molar refractivity (Wildman–Crippen MR) is 96.2 cm³/mol. The zero-order valence-corrected chi connectivity index (χ0v) is 17.5. The van der Waals surface area contributed by atoms with Crippen LogP contribution in [0.3, 0.4) is 0 Å². The molecule has 1 fully saturated rings. The van der Waals surface area contributed by atoms with Crippen molar-refractivity contribution in [1.82, 2.24) is 9.55 Å². The first-order valence-corrected chi connectivity index (χ1v) is 12.9. The Kier molecular flexibility index (Phi) is 7.26. The molecule has 2 rings (SSSR count). The highest BCUT2D eigenvalue weighted by molar-refractivity contribution is 7.74. The molecule has 1 saturated heterocycles. The van der Waals surface area contributed by atoms with E-state index in [4.69, 9.17) is 20.3 Å². The quantitative estimate of drug-likeness (QED) is 0.243. The summed E-state index contributed by atoms with van der Waals surface area (Å²) in [4.78, 5) is 61.5. The molecular weight excluding hydrogens is 459 g/mol. The summed E-state index contributed by atoms with van der Waals surface area (Å²) in [5, 5.41) is 0. The molecule has 5 atom stereocenters. The maximum absolute atomic E-state index is 11.9. The molecule has 166 valence electrons. The van der Waals surface area contributed by atoms with Crippen LogP contribution in [0.25, 0.3) is 0 Å². The van der Waals surface area contributed by atoms with Gasteiger partial charge in [0.1, 0.15) is 6.23 Å². The topological polar surface area (TPSA) is 241 Å². The smallest absolute Gasteiger partial charge is 0.351 e. The van der Waals surface area contributed by atoms with E-state index in [0.717, 1.165) is 4.57 Å². The van der Waals surface area contributed by atoms with Crippen molar-refractivity contribution in [3.8, 4) is 0 Å². The third-order valence-corrected chi connectivity index (χ3v) is 9.05. The molecule has 1 aromatic rings. The van der Waals surface area contributed by atoms with Crippen molar-refractivity contribution in [3.05, 3.63) is 32.6 Å². The van der Waals surface area contributed by atoms with Crippen LogP contribution in [0.15, 0.2) is 15.8 Å². The molecule has 0 amide bonds. The first-order valence-electron chi connectivity index (χ1n) is 7.87. The first kappa shape index (κ1) is 24.3. The van der Waals surface area contributed by atoms with Crippen molar-refractivity contribution < 1.29 is 46.8 Å². The number of aryl methyl sites for hydroxylation is 1. The van der Waals surface area contributed by atoms with Crippen molar-refractivity contribution in [1.29, 1.82) is 0 Å². The number of hydrogen-bond donors (Lipinski definition) is 6. The molecule has 29 heavy (non-hydrogen) atoms. The van der Waals surface area contributed by atoms with Gasteiger partial charge in [0, 0.05) is 24.2 Å². The average molecular weight is 479 g/mol. The molecule has 0 aromatic carbocycles. The number of nitrogens with zero attached hydrogens (tertiary/aromatic N) is 1. The molecule has 0 bridgehead atoms. The molecule has 0 spiro atoms. The number of phosphoric acid groups is 1. The largest absolute Gasteiger partial charge is 0.476 e. The highest BCUT2D eigenvalue weighted by Gasteiger charge is 2.41. The number of nitrogens with one attached hydrogen (secondary N) is 1. The fourth-order valence-electron chi connectivity index (χ4n) is 2.53. The van der Waals surface area contributed by atoms with E-state index in [2.05, 4.69) is 13.8 Å². The second kappa shape index (κ2) is 8.66. The van der Waals surface area contributed by atoms with E-state index < -0.39 is 65.1 Å². The SMILES string of the molecule is Cc1cn([C@H]2C[C@H](N)[C@@H](COP(=O)(O)CP(=O)(O)OP(=O)(O)O)O2)c(=O)[nH]c1=O. The van der Waals surface area contributed by atoms with Gasteiger partial charge >= 0.3 is 28.7 Å². The van der Waals surface area contributed by atoms with Crippen LogP contribution >= 0.6 is 23.0 Å². The molecule has 15 nitrogen and oxygen atoms in total. The molecule has 18 heteroatoms. The van der Waals surface area contributed by atoms with E-state index in [1.54, 1.807) is 0 Å². The normalized spacial score (nSPS) is 26.8. The van der Waals surface area contributed by atoms with Crippen LogP contribution in [0.1, 0.15) is 18.2 Å². The highest BCUT2D eigenvalue weighted by atomic mass is 31.3. The maximum atomic E-state index is 11.9. The number of ether oxygens (including phenoxy) is 1. The molecule has 7 N–H and O–H groups in total. The zero-order chi connectivity index (χ0) is 22.2. The molecule has 0 saturated carbocycles.